The second kappa shape index (κ2) is 6.25. The van der Waals surface area contributed by atoms with E-state index < -0.39 is 5.60 Å². The summed E-state index contributed by atoms with van der Waals surface area (Å²) in [6.07, 6.45) is 4.82. The van der Waals surface area contributed by atoms with E-state index in [1.165, 1.54) is 17.8 Å². The molecule has 0 aromatic carbocycles. The molecule has 1 heterocycles. The number of hydrogen-bond acceptors (Lipinski definition) is 3. The highest BCUT2D eigenvalue weighted by Gasteiger charge is 2.32. The summed E-state index contributed by atoms with van der Waals surface area (Å²) in [6, 6.07) is 3.42. The van der Waals surface area contributed by atoms with E-state index in [2.05, 4.69) is 12.2 Å². The van der Waals surface area contributed by atoms with Crippen LogP contribution in [0.4, 0.5) is 0 Å². The van der Waals surface area contributed by atoms with Crippen LogP contribution in [0.3, 0.4) is 0 Å². The van der Waals surface area contributed by atoms with Gasteiger partial charge in [-0.3, -0.25) is 4.79 Å². The Morgan fingerprint density at radius 1 is 1.53 bits per heavy atom. The topological polar surface area (TPSA) is 49.3 Å². The second-order valence-corrected chi connectivity index (χ2v) is 7.08. The van der Waals surface area contributed by atoms with E-state index in [4.69, 9.17) is 11.6 Å². The lowest BCUT2D eigenvalue weighted by Crippen LogP contribution is -2.45. The van der Waals surface area contributed by atoms with Crippen LogP contribution in [0, 0.1) is 5.92 Å². The van der Waals surface area contributed by atoms with E-state index in [-0.39, 0.29) is 5.91 Å². The van der Waals surface area contributed by atoms with Crippen LogP contribution in [0.5, 0.6) is 0 Å². The Balaban J connectivity index is 1.83. The lowest BCUT2D eigenvalue weighted by Gasteiger charge is -2.35. The Kier molecular flexibility index (Phi) is 4.87. The first kappa shape index (κ1) is 14.8. The van der Waals surface area contributed by atoms with Crippen LogP contribution in [0.15, 0.2) is 12.1 Å². The molecule has 3 nitrogen and oxygen atoms in total. The third-order valence-corrected chi connectivity index (χ3v) is 5.22. The number of rotatable bonds is 4. The third kappa shape index (κ3) is 3.94. The molecule has 1 amide bonds. The molecule has 106 valence electrons. The Bertz CT molecular complexity index is 438. The van der Waals surface area contributed by atoms with Crippen molar-refractivity contribution in [2.75, 3.05) is 6.54 Å². The highest BCUT2D eigenvalue weighted by molar-refractivity contribution is 7.17. The largest absolute Gasteiger partial charge is 0.388 e. The highest BCUT2D eigenvalue weighted by Crippen LogP contribution is 2.33. The molecule has 0 unspecified atom stereocenters. The zero-order valence-corrected chi connectivity index (χ0v) is 12.7. The van der Waals surface area contributed by atoms with Gasteiger partial charge in [0.05, 0.1) is 14.8 Å². The van der Waals surface area contributed by atoms with Crippen LogP contribution in [0.2, 0.25) is 4.34 Å². The molecule has 1 aromatic rings. The quantitative estimate of drug-likeness (QED) is 0.895. The Labute approximate surface area is 123 Å². The maximum Gasteiger partial charge on any atom is 0.261 e. The fraction of sp³-hybridized carbons (Fsp3) is 0.643. The molecule has 1 saturated carbocycles. The molecule has 0 bridgehead atoms. The molecule has 0 atom stereocenters. The van der Waals surface area contributed by atoms with Crippen molar-refractivity contribution in [3.63, 3.8) is 0 Å². The summed E-state index contributed by atoms with van der Waals surface area (Å²) in [7, 11) is 0. The van der Waals surface area contributed by atoms with Gasteiger partial charge in [-0.05, 0) is 43.7 Å². The highest BCUT2D eigenvalue weighted by atomic mass is 35.5. The third-order valence-electron chi connectivity index (χ3n) is 3.99. The SMILES string of the molecule is CCC1CCC(O)(CNC(=O)c2ccc(Cl)s2)CC1. The zero-order valence-electron chi connectivity index (χ0n) is 11.1. The lowest BCUT2D eigenvalue weighted by molar-refractivity contribution is -0.00783. The van der Waals surface area contributed by atoms with Crippen LogP contribution < -0.4 is 5.32 Å². The number of carbonyl (C=O) groups excluding carboxylic acids is 1. The number of amides is 1. The van der Waals surface area contributed by atoms with Gasteiger partial charge in [0.1, 0.15) is 0 Å². The van der Waals surface area contributed by atoms with Gasteiger partial charge in [0.25, 0.3) is 5.91 Å². The molecule has 1 fully saturated rings. The summed E-state index contributed by atoms with van der Waals surface area (Å²) in [5.41, 5.74) is -0.734. The van der Waals surface area contributed by atoms with E-state index in [0.717, 1.165) is 31.6 Å². The fourth-order valence-electron chi connectivity index (χ4n) is 2.57. The molecule has 1 aliphatic carbocycles. The van der Waals surface area contributed by atoms with Crippen molar-refractivity contribution in [1.82, 2.24) is 5.32 Å². The van der Waals surface area contributed by atoms with Crippen LogP contribution in [0.1, 0.15) is 48.7 Å². The van der Waals surface area contributed by atoms with Crippen LogP contribution in [-0.4, -0.2) is 23.2 Å². The van der Waals surface area contributed by atoms with Crippen molar-refractivity contribution in [3.8, 4) is 0 Å². The second-order valence-electron chi connectivity index (χ2n) is 5.36. The van der Waals surface area contributed by atoms with Gasteiger partial charge in [0.2, 0.25) is 0 Å². The van der Waals surface area contributed by atoms with E-state index in [9.17, 15) is 9.90 Å². The maximum absolute atomic E-state index is 11.9. The standard InChI is InChI=1S/C14H20ClNO2S/c1-2-10-5-7-14(18,8-6-10)9-16-13(17)11-3-4-12(15)19-11/h3-4,10,18H,2,5-9H2,1H3,(H,16,17). The van der Waals surface area contributed by atoms with Crippen molar-refractivity contribution < 1.29 is 9.90 Å². The molecule has 0 aliphatic heterocycles. The first-order valence-electron chi connectivity index (χ1n) is 6.78. The fourth-order valence-corrected chi connectivity index (χ4v) is 3.53. The number of carbonyl (C=O) groups is 1. The lowest BCUT2D eigenvalue weighted by atomic mass is 9.78. The summed E-state index contributed by atoms with van der Waals surface area (Å²) >= 11 is 7.06. The van der Waals surface area contributed by atoms with Gasteiger partial charge in [-0.15, -0.1) is 11.3 Å². The summed E-state index contributed by atoms with van der Waals surface area (Å²) in [4.78, 5) is 12.5. The molecule has 1 aromatic heterocycles. The molecule has 0 spiro atoms. The number of nitrogens with one attached hydrogen (secondary N) is 1. The van der Waals surface area contributed by atoms with E-state index in [1.807, 2.05) is 0 Å². The van der Waals surface area contributed by atoms with Crippen LogP contribution in [0.25, 0.3) is 0 Å². The van der Waals surface area contributed by atoms with Gasteiger partial charge in [-0.1, -0.05) is 24.9 Å². The maximum atomic E-state index is 11.9. The molecular formula is C14H20ClNO2S. The molecular weight excluding hydrogens is 282 g/mol. The van der Waals surface area contributed by atoms with Crippen molar-refractivity contribution in [1.29, 1.82) is 0 Å². The molecule has 0 radical (unpaired) electrons. The molecule has 5 heteroatoms. The summed E-state index contributed by atoms with van der Waals surface area (Å²) in [6.45, 7) is 2.52. The van der Waals surface area contributed by atoms with Crippen molar-refractivity contribution in [3.05, 3.63) is 21.3 Å². The predicted molar refractivity (Wildman–Crippen MR) is 78.9 cm³/mol. The summed E-state index contributed by atoms with van der Waals surface area (Å²) in [5, 5.41) is 13.3. The number of halogens is 1. The average Bonchev–Trinajstić information content (AvgIpc) is 2.84. The number of aliphatic hydroxyl groups is 1. The summed E-state index contributed by atoms with van der Waals surface area (Å²) in [5.74, 6) is 0.579. The van der Waals surface area contributed by atoms with Crippen LogP contribution in [-0.2, 0) is 0 Å². The predicted octanol–water partition coefficient (Wildman–Crippen LogP) is 3.46. The minimum Gasteiger partial charge on any atom is -0.388 e. The Hall–Kier alpha value is -0.580. The van der Waals surface area contributed by atoms with Gasteiger partial charge in [-0.25, -0.2) is 0 Å². The Morgan fingerprint density at radius 3 is 2.74 bits per heavy atom. The van der Waals surface area contributed by atoms with Gasteiger partial charge < -0.3 is 10.4 Å². The first-order chi connectivity index (χ1) is 9.02. The molecule has 1 aliphatic rings. The molecule has 19 heavy (non-hydrogen) atoms. The van der Waals surface area contributed by atoms with Crippen molar-refractivity contribution >= 4 is 28.8 Å². The zero-order chi connectivity index (χ0) is 13.9. The van der Waals surface area contributed by atoms with Crippen LogP contribution >= 0.6 is 22.9 Å². The Morgan fingerprint density at radius 2 is 2.21 bits per heavy atom. The monoisotopic (exact) mass is 301 g/mol. The molecule has 2 N–H and O–H groups in total. The van der Waals surface area contributed by atoms with E-state index in [0.29, 0.717) is 15.8 Å². The normalized spacial score (nSPS) is 27.2. The van der Waals surface area contributed by atoms with Gasteiger partial charge in [0.15, 0.2) is 0 Å². The molecule has 2 rings (SSSR count). The minimum atomic E-state index is -0.734. The number of hydrogen-bond donors (Lipinski definition) is 2. The van der Waals surface area contributed by atoms with Gasteiger partial charge in [-0.2, -0.15) is 0 Å². The summed E-state index contributed by atoms with van der Waals surface area (Å²) < 4.78 is 0.604. The van der Waals surface area contributed by atoms with E-state index >= 15 is 0 Å². The smallest absolute Gasteiger partial charge is 0.261 e. The molecule has 0 saturated heterocycles. The first-order valence-corrected chi connectivity index (χ1v) is 7.98. The average molecular weight is 302 g/mol. The number of thiophene rings is 1. The van der Waals surface area contributed by atoms with Crippen molar-refractivity contribution in [2.24, 2.45) is 5.92 Å². The van der Waals surface area contributed by atoms with Gasteiger partial charge >= 0.3 is 0 Å². The van der Waals surface area contributed by atoms with Crippen molar-refractivity contribution in [2.45, 2.75) is 44.6 Å². The van der Waals surface area contributed by atoms with E-state index in [1.54, 1.807) is 12.1 Å². The van der Waals surface area contributed by atoms with Gasteiger partial charge in [0, 0.05) is 6.54 Å². The minimum absolute atomic E-state index is 0.150.